The summed E-state index contributed by atoms with van der Waals surface area (Å²) in [4.78, 5) is 38.9. The molecule has 3 heterocycles. The topological polar surface area (TPSA) is 131 Å². The number of aliphatic carboxylic acids is 2. The van der Waals surface area contributed by atoms with Gasteiger partial charge in [0.25, 0.3) is 0 Å². The number of aliphatic hydroxyl groups is 1. The molecule has 15 heteroatoms. The average Bonchev–Trinajstić information content (AvgIpc) is 3.04. The van der Waals surface area contributed by atoms with E-state index in [0.717, 1.165) is 44.5 Å². The predicted molar refractivity (Wildman–Crippen MR) is 107 cm³/mol. The van der Waals surface area contributed by atoms with E-state index in [1.807, 2.05) is 17.0 Å². The molecule has 1 aromatic heterocycles. The maximum Gasteiger partial charge on any atom is 0.490 e. The van der Waals surface area contributed by atoms with Crippen molar-refractivity contribution in [3.8, 4) is 0 Å². The van der Waals surface area contributed by atoms with Crippen LogP contribution in [-0.4, -0.2) is 93.1 Å². The number of carboxylic acids is 2. The molecule has 0 aromatic carbocycles. The number of halogens is 6. The molecule has 1 atom stereocenters. The summed E-state index contributed by atoms with van der Waals surface area (Å²) >= 11 is 0. The molecule has 2 aliphatic heterocycles. The number of rotatable bonds is 4. The molecule has 2 aliphatic rings. The highest BCUT2D eigenvalue weighted by Crippen LogP contribution is 2.40. The summed E-state index contributed by atoms with van der Waals surface area (Å²) in [5, 5.41) is 23.4. The minimum absolute atomic E-state index is 0.172. The van der Waals surface area contributed by atoms with Crippen molar-refractivity contribution >= 4 is 17.8 Å². The van der Waals surface area contributed by atoms with E-state index in [1.165, 1.54) is 0 Å². The van der Waals surface area contributed by atoms with Crippen molar-refractivity contribution in [3.63, 3.8) is 0 Å². The number of carboxylic acid groups (broad SMARTS) is 2. The van der Waals surface area contributed by atoms with Gasteiger partial charge in [0.2, 0.25) is 5.91 Å². The molecule has 2 fully saturated rings. The van der Waals surface area contributed by atoms with Crippen LogP contribution in [0.15, 0.2) is 24.5 Å². The second-order valence-corrected chi connectivity index (χ2v) is 7.82. The zero-order valence-electron chi connectivity index (χ0n) is 18.3. The molecule has 1 amide bonds. The number of likely N-dealkylation sites (tertiary alicyclic amines) is 2. The van der Waals surface area contributed by atoms with Crippen LogP contribution >= 0.6 is 0 Å². The molecule has 1 unspecified atom stereocenters. The van der Waals surface area contributed by atoms with E-state index in [0.29, 0.717) is 19.0 Å². The van der Waals surface area contributed by atoms with Crippen LogP contribution in [0.4, 0.5) is 26.3 Å². The summed E-state index contributed by atoms with van der Waals surface area (Å²) < 4.78 is 63.5. The summed E-state index contributed by atoms with van der Waals surface area (Å²) in [6.45, 7) is 4.18. The number of amides is 1. The summed E-state index contributed by atoms with van der Waals surface area (Å²) in [5.41, 5.74) is 0.930. The fourth-order valence-corrected chi connectivity index (χ4v) is 3.69. The highest BCUT2D eigenvalue weighted by Gasteiger charge is 2.48. The Kier molecular flexibility index (Phi) is 10.9. The van der Waals surface area contributed by atoms with Crippen molar-refractivity contribution in [3.05, 3.63) is 30.1 Å². The maximum absolute atomic E-state index is 12.9. The number of β-amino-alcohol motifs (C(OH)–C–C–N with tert-alkyl or cyclic N) is 1. The van der Waals surface area contributed by atoms with Crippen molar-refractivity contribution in [1.29, 1.82) is 0 Å². The van der Waals surface area contributed by atoms with E-state index >= 15 is 0 Å². The first-order valence-corrected chi connectivity index (χ1v) is 10.2. The van der Waals surface area contributed by atoms with Crippen LogP contribution in [0.25, 0.3) is 0 Å². The maximum atomic E-state index is 12.9. The number of aliphatic hydroxyl groups excluding tert-OH is 1. The standard InChI is InChI=1S/C16H23N3O2.2C2HF3O2/c20-11-10-18-8-1-4-16(13-18)5-9-19(15(16)21)12-14-2-6-17-7-3-14;2*3-2(4,5)1(6)7/h2-3,6-7,20H,1,4-5,8-13H2;2*(H,6,7). The van der Waals surface area contributed by atoms with Crippen molar-refractivity contribution in [2.75, 3.05) is 32.8 Å². The number of pyridine rings is 1. The van der Waals surface area contributed by atoms with Gasteiger partial charge in [0.05, 0.1) is 12.0 Å². The molecule has 35 heavy (non-hydrogen) atoms. The Bertz CT molecular complexity index is 826. The SMILES string of the molecule is O=C(O)C(F)(F)F.O=C(O)C(F)(F)F.O=C1N(Cc2ccncc2)CCC12CCCN(CCO)C2. The zero-order valence-corrected chi connectivity index (χ0v) is 18.3. The minimum atomic E-state index is -5.08. The van der Waals surface area contributed by atoms with E-state index in [2.05, 4.69) is 9.88 Å². The Morgan fingerprint density at radius 2 is 1.49 bits per heavy atom. The molecule has 0 bridgehead atoms. The summed E-state index contributed by atoms with van der Waals surface area (Å²) in [7, 11) is 0. The molecule has 0 saturated carbocycles. The lowest BCUT2D eigenvalue weighted by atomic mass is 9.78. The summed E-state index contributed by atoms with van der Waals surface area (Å²) in [6.07, 6.45) is -3.64. The van der Waals surface area contributed by atoms with E-state index < -0.39 is 24.3 Å². The first-order valence-electron chi connectivity index (χ1n) is 10.2. The van der Waals surface area contributed by atoms with Crippen molar-refractivity contribution in [2.45, 2.75) is 38.2 Å². The van der Waals surface area contributed by atoms with Gasteiger partial charge in [-0.2, -0.15) is 26.3 Å². The number of nitrogens with zero attached hydrogens (tertiary/aromatic N) is 3. The van der Waals surface area contributed by atoms with Gasteiger partial charge in [0.15, 0.2) is 0 Å². The van der Waals surface area contributed by atoms with Crippen LogP contribution in [0.2, 0.25) is 0 Å². The Labute approximate surface area is 196 Å². The lowest BCUT2D eigenvalue weighted by molar-refractivity contribution is -0.193. The Balaban J connectivity index is 0.000000362. The molecule has 0 radical (unpaired) electrons. The van der Waals surface area contributed by atoms with Gasteiger partial charge in [-0.15, -0.1) is 0 Å². The Morgan fingerprint density at radius 1 is 0.971 bits per heavy atom. The van der Waals surface area contributed by atoms with E-state index in [1.54, 1.807) is 12.4 Å². The molecule has 0 aliphatic carbocycles. The second kappa shape index (κ2) is 12.7. The monoisotopic (exact) mass is 517 g/mol. The third-order valence-electron chi connectivity index (χ3n) is 5.28. The lowest BCUT2D eigenvalue weighted by Gasteiger charge is -2.38. The minimum Gasteiger partial charge on any atom is -0.475 e. The molecule has 3 N–H and O–H groups in total. The molecule has 1 aromatic rings. The van der Waals surface area contributed by atoms with Gasteiger partial charge in [-0.05, 0) is 43.5 Å². The van der Waals surface area contributed by atoms with Gasteiger partial charge in [0.1, 0.15) is 0 Å². The fourth-order valence-electron chi connectivity index (χ4n) is 3.69. The first-order chi connectivity index (χ1) is 16.1. The Hall–Kier alpha value is -2.94. The van der Waals surface area contributed by atoms with Gasteiger partial charge < -0.3 is 20.2 Å². The van der Waals surface area contributed by atoms with Gasteiger partial charge >= 0.3 is 24.3 Å². The number of hydrogen-bond acceptors (Lipinski definition) is 6. The largest absolute Gasteiger partial charge is 0.490 e. The van der Waals surface area contributed by atoms with E-state index in [-0.39, 0.29) is 12.0 Å². The van der Waals surface area contributed by atoms with Crippen molar-refractivity contribution in [2.24, 2.45) is 5.41 Å². The molecule has 198 valence electrons. The highest BCUT2D eigenvalue weighted by atomic mass is 19.4. The summed E-state index contributed by atoms with van der Waals surface area (Å²) in [6, 6.07) is 3.94. The number of aromatic nitrogens is 1. The van der Waals surface area contributed by atoms with Gasteiger partial charge in [-0.3, -0.25) is 14.7 Å². The van der Waals surface area contributed by atoms with Crippen LogP contribution in [0.5, 0.6) is 0 Å². The van der Waals surface area contributed by atoms with Crippen molar-refractivity contribution in [1.82, 2.24) is 14.8 Å². The average molecular weight is 517 g/mol. The second-order valence-electron chi connectivity index (χ2n) is 7.82. The molecule has 9 nitrogen and oxygen atoms in total. The first kappa shape index (κ1) is 30.1. The van der Waals surface area contributed by atoms with Crippen LogP contribution in [0, 0.1) is 5.41 Å². The van der Waals surface area contributed by atoms with Crippen LogP contribution in [0.1, 0.15) is 24.8 Å². The van der Waals surface area contributed by atoms with Gasteiger partial charge in [-0.25, -0.2) is 9.59 Å². The summed E-state index contributed by atoms with van der Waals surface area (Å²) in [5.74, 6) is -5.22. The lowest BCUT2D eigenvalue weighted by Crippen LogP contribution is -2.48. The zero-order chi connectivity index (χ0) is 26.9. The molecular weight excluding hydrogens is 492 g/mol. The number of alkyl halides is 6. The smallest absolute Gasteiger partial charge is 0.475 e. The third-order valence-corrected chi connectivity index (χ3v) is 5.28. The number of hydrogen-bond donors (Lipinski definition) is 3. The molecule has 2 saturated heterocycles. The van der Waals surface area contributed by atoms with Crippen LogP contribution in [0.3, 0.4) is 0 Å². The van der Waals surface area contributed by atoms with E-state index in [9.17, 15) is 31.1 Å². The Morgan fingerprint density at radius 3 is 1.94 bits per heavy atom. The molecular formula is C20H25F6N3O6. The normalized spacial score (nSPS) is 20.5. The molecule has 1 spiro atoms. The van der Waals surface area contributed by atoms with Gasteiger partial charge in [-0.1, -0.05) is 0 Å². The number of carbonyl (C=O) groups excluding carboxylic acids is 1. The number of carbonyl (C=O) groups is 3. The highest BCUT2D eigenvalue weighted by molar-refractivity contribution is 5.85. The predicted octanol–water partition coefficient (Wildman–Crippen LogP) is 2.16. The van der Waals surface area contributed by atoms with Gasteiger partial charge in [0, 0.05) is 38.6 Å². The van der Waals surface area contributed by atoms with E-state index in [4.69, 9.17) is 24.9 Å². The fraction of sp³-hybridized carbons (Fsp3) is 0.600. The molecule has 3 rings (SSSR count). The van der Waals surface area contributed by atoms with Crippen LogP contribution < -0.4 is 0 Å². The third kappa shape index (κ3) is 9.68. The number of piperidine rings is 1. The van der Waals surface area contributed by atoms with Crippen LogP contribution in [-0.2, 0) is 20.9 Å². The van der Waals surface area contributed by atoms with Crippen molar-refractivity contribution < 1.29 is 56.0 Å². The quantitative estimate of drug-likeness (QED) is 0.518.